The quantitative estimate of drug-likeness (QED) is 0.845. The summed E-state index contributed by atoms with van der Waals surface area (Å²) in [7, 11) is -0.0734. The van der Waals surface area contributed by atoms with E-state index in [1.165, 1.54) is 11.3 Å². The smallest absolute Gasteiger partial charge is 0.265 e. The molecule has 0 saturated heterocycles. The summed E-state index contributed by atoms with van der Waals surface area (Å²) in [5, 5.41) is 3.70. The van der Waals surface area contributed by atoms with Crippen molar-refractivity contribution in [3.8, 4) is 0 Å². The molecule has 21 heavy (non-hydrogen) atoms. The highest BCUT2D eigenvalue weighted by Crippen LogP contribution is 2.30. The zero-order chi connectivity index (χ0) is 15.8. The van der Waals surface area contributed by atoms with E-state index in [1.54, 1.807) is 25.2 Å². The fourth-order valence-electron chi connectivity index (χ4n) is 1.46. The Kier molecular flexibility index (Phi) is 4.07. The minimum atomic E-state index is -3.57. The molecule has 0 bridgehead atoms. The number of anilines is 1. The van der Waals surface area contributed by atoms with E-state index in [-0.39, 0.29) is 21.4 Å². The number of thiazole rings is 1. The number of hydrogen-bond donors (Lipinski definition) is 0. The third-order valence-corrected chi connectivity index (χ3v) is 6.15. The van der Waals surface area contributed by atoms with Crippen molar-refractivity contribution in [2.24, 2.45) is 0 Å². The monoisotopic (exact) mass is 330 g/mol. The average molecular weight is 330 g/mol. The van der Waals surface area contributed by atoms with Crippen LogP contribution < -0.4 is 4.90 Å². The molecule has 0 fully saturated rings. The summed E-state index contributed by atoms with van der Waals surface area (Å²) in [5.41, 5.74) is -0.131. The molecule has 2 aromatic heterocycles. The molecule has 0 aliphatic heterocycles. The van der Waals surface area contributed by atoms with Gasteiger partial charge < -0.3 is 9.42 Å². The van der Waals surface area contributed by atoms with Crippen molar-refractivity contribution in [1.29, 1.82) is 0 Å². The van der Waals surface area contributed by atoms with Crippen LogP contribution in [-0.4, -0.2) is 37.6 Å². The molecule has 0 spiro atoms. The van der Waals surface area contributed by atoms with Gasteiger partial charge in [0.15, 0.2) is 0 Å². The lowest BCUT2D eigenvalue weighted by molar-refractivity contribution is 0.388. The Balaban J connectivity index is 2.23. The highest BCUT2D eigenvalue weighted by Gasteiger charge is 2.26. The molecule has 9 heteroatoms. The molecule has 0 radical (unpaired) electrons. The second-order valence-corrected chi connectivity index (χ2v) is 9.08. The molecule has 7 nitrogen and oxygen atoms in total. The van der Waals surface area contributed by atoms with Crippen molar-refractivity contribution in [2.75, 3.05) is 19.0 Å². The highest BCUT2D eigenvalue weighted by atomic mass is 32.2. The van der Waals surface area contributed by atoms with E-state index in [4.69, 9.17) is 4.52 Å². The summed E-state index contributed by atoms with van der Waals surface area (Å²) < 4.78 is 29.7. The van der Waals surface area contributed by atoms with Gasteiger partial charge in [-0.15, -0.1) is 11.3 Å². The standard InChI is InChI=1S/C12H18N4O3S2/c1-12(2,3)8-6-13-11(20-8)21(17,18)7-9-14-10(15-19-9)16(4)5/h6H,7H2,1-5H3. The summed E-state index contributed by atoms with van der Waals surface area (Å²) in [6, 6.07) is 0. The Labute approximate surface area is 127 Å². The third-order valence-electron chi connectivity index (χ3n) is 2.66. The first-order valence-corrected chi connectivity index (χ1v) is 8.75. The topological polar surface area (TPSA) is 89.2 Å². The summed E-state index contributed by atoms with van der Waals surface area (Å²) in [6.07, 6.45) is 1.61. The van der Waals surface area contributed by atoms with Gasteiger partial charge in [-0.2, -0.15) is 4.98 Å². The van der Waals surface area contributed by atoms with Crippen LogP contribution in [0.3, 0.4) is 0 Å². The summed E-state index contributed by atoms with van der Waals surface area (Å²) >= 11 is 1.18. The van der Waals surface area contributed by atoms with E-state index in [0.717, 1.165) is 4.88 Å². The van der Waals surface area contributed by atoms with Gasteiger partial charge in [-0.3, -0.25) is 0 Å². The molecule has 2 heterocycles. The average Bonchev–Trinajstić information content (AvgIpc) is 2.94. The van der Waals surface area contributed by atoms with Crippen LogP contribution in [0.1, 0.15) is 31.5 Å². The Morgan fingerprint density at radius 1 is 1.33 bits per heavy atom. The predicted molar refractivity (Wildman–Crippen MR) is 80.3 cm³/mol. The van der Waals surface area contributed by atoms with Gasteiger partial charge in [0.2, 0.25) is 20.1 Å². The Hall–Kier alpha value is -1.48. The number of nitrogens with zero attached hydrogens (tertiary/aromatic N) is 4. The number of hydrogen-bond acceptors (Lipinski definition) is 8. The molecule has 2 rings (SSSR count). The lowest BCUT2D eigenvalue weighted by Crippen LogP contribution is -2.10. The summed E-state index contributed by atoms with van der Waals surface area (Å²) in [4.78, 5) is 10.6. The number of rotatable bonds is 4. The highest BCUT2D eigenvalue weighted by molar-refractivity contribution is 7.92. The molecule has 0 unspecified atom stereocenters. The molecule has 0 atom stereocenters. The van der Waals surface area contributed by atoms with Crippen molar-refractivity contribution in [1.82, 2.24) is 15.1 Å². The van der Waals surface area contributed by atoms with E-state index in [0.29, 0.717) is 5.95 Å². The Bertz CT molecular complexity index is 726. The fourth-order valence-corrected chi connectivity index (χ4v) is 3.90. The maximum atomic E-state index is 12.3. The van der Waals surface area contributed by atoms with Crippen LogP contribution in [0.25, 0.3) is 0 Å². The van der Waals surface area contributed by atoms with E-state index in [9.17, 15) is 8.42 Å². The minimum Gasteiger partial charge on any atom is -0.344 e. The summed E-state index contributed by atoms with van der Waals surface area (Å²) in [5.74, 6) is 0.0613. The SMILES string of the molecule is CN(C)c1noc(CS(=O)(=O)c2ncc(C(C)(C)C)s2)n1. The lowest BCUT2D eigenvalue weighted by atomic mass is 9.96. The van der Waals surface area contributed by atoms with Gasteiger partial charge in [0.1, 0.15) is 5.75 Å². The predicted octanol–water partition coefficient (Wildman–Crippen LogP) is 1.86. The van der Waals surface area contributed by atoms with Crippen LogP contribution in [0.5, 0.6) is 0 Å². The fraction of sp³-hybridized carbons (Fsp3) is 0.583. The van der Waals surface area contributed by atoms with E-state index < -0.39 is 9.84 Å². The van der Waals surface area contributed by atoms with Crippen molar-refractivity contribution >= 4 is 27.1 Å². The molecular formula is C12H18N4O3S2. The van der Waals surface area contributed by atoms with Crippen LogP contribution in [0.2, 0.25) is 0 Å². The van der Waals surface area contributed by atoms with E-state index >= 15 is 0 Å². The number of sulfone groups is 1. The third kappa shape index (κ3) is 3.59. The normalized spacial score (nSPS) is 12.6. The van der Waals surface area contributed by atoms with Gasteiger partial charge >= 0.3 is 0 Å². The van der Waals surface area contributed by atoms with Crippen molar-refractivity contribution < 1.29 is 12.9 Å². The zero-order valence-corrected chi connectivity index (χ0v) is 14.2. The van der Waals surface area contributed by atoms with E-state index in [1.807, 2.05) is 20.8 Å². The van der Waals surface area contributed by atoms with Gasteiger partial charge in [-0.25, -0.2) is 13.4 Å². The van der Waals surface area contributed by atoms with Gasteiger partial charge in [0.25, 0.3) is 5.95 Å². The lowest BCUT2D eigenvalue weighted by Gasteiger charge is -2.14. The Morgan fingerprint density at radius 2 is 2.00 bits per heavy atom. The minimum absolute atomic E-state index is 0.0613. The molecule has 0 saturated carbocycles. The Morgan fingerprint density at radius 3 is 2.48 bits per heavy atom. The van der Waals surface area contributed by atoms with Crippen LogP contribution in [0.4, 0.5) is 5.95 Å². The van der Waals surface area contributed by atoms with Gasteiger partial charge in [-0.1, -0.05) is 20.8 Å². The second-order valence-electron chi connectivity index (χ2n) is 5.88. The van der Waals surface area contributed by atoms with Gasteiger partial charge in [0, 0.05) is 25.2 Å². The maximum Gasteiger partial charge on any atom is 0.265 e. The molecule has 0 amide bonds. The molecular weight excluding hydrogens is 312 g/mol. The molecule has 0 aromatic carbocycles. The molecule has 2 aromatic rings. The van der Waals surface area contributed by atoms with Crippen LogP contribution in [0.15, 0.2) is 15.1 Å². The first-order valence-electron chi connectivity index (χ1n) is 6.28. The van der Waals surface area contributed by atoms with Gasteiger partial charge in [0.05, 0.1) is 0 Å². The largest absolute Gasteiger partial charge is 0.344 e. The molecule has 116 valence electrons. The second kappa shape index (κ2) is 5.38. The van der Waals surface area contributed by atoms with Crippen molar-refractivity contribution in [3.63, 3.8) is 0 Å². The van der Waals surface area contributed by atoms with Crippen molar-refractivity contribution in [3.05, 3.63) is 17.0 Å². The molecule has 0 N–H and O–H groups in total. The van der Waals surface area contributed by atoms with Crippen molar-refractivity contribution in [2.45, 2.75) is 36.3 Å². The van der Waals surface area contributed by atoms with Crippen LogP contribution in [-0.2, 0) is 21.0 Å². The molecule has 0 aliphatic carbocycles. The maximum absolute atomic E-state index is 12.3. The van der Waals surface area contributed by atoms with E-state index in [2.05, 4.69) is 15.1 Å². The van der Waals surface area contributed by atoms with Crippen LogP contribution >= 0.6 is 11.3 Å². The van der Waals surface area contributed by atoms with Crippen LogP contribution in [0, 0.1) is 0 Å². The van der Waals surface area contributed by atoms with Gasteiger partial charge in [-0.05, 0) is 10.6 Å². The first-order chi connectivity index (χ1) is 9.59. The number of aromatic nitrogens is 3. The first kappa shape index (κ1) is 15.9. The zero-order valence-electron chi connectivity index (χ0n) is 12.6. The molecule has 0 aliphatic rings. The summed E-state index contributed by atoms with van der Waals surface area (Å²) in [6.45, 7) is 6.04.